The maximum Gasteiger partial charge on any atom is 0.264 e. The Hall–Kier alpha value is -9.28. The van der Waals surface area contributed by atoms with Crippen molar-refractivity contribution in [1.82, 2.24) is 0 Å². The van der Waals surface area contributed by atoms with Crippen LogP contribution in [0.2, 0.25) is 0 Å². The Kier molecular flexibility index (Phi) is 32.0. The highest BCUT2D eigenvalue weighted by Crippen LogP contribution is 2.35. The number of hydrogen-bond acceptors (Lipinski definition) is 33. The van der Waals surface area contributed by atoms with E-state index in [1.165, 1.54) is 0 Å². The highest BCUT2D eigenvalue weighted by Gasteiger charge is 2.32. The lowest BCUT2D eigenvalue weighted by Crippen LogP contribution is -2.26. The Bertz CT molecular complexity index is 5950. The van der Waals surface area contributed by atoms with E-state index in [9.17, 15) is 75.8 Å². The van der Waals surface area contributed by atoms with Gasteiger partial charge < -0.3 is 72.9 Å². The summed E-state index contributed by atoms with van der Waals surface area (Å²) in [6.45, 7) is 4.04. The summed E-state index contributed by atoms with van der Waals surface area (Å²) in [6, 6.07) is 30.7. The van der Waals surface area contributed by atoms with Crippen LogP contribution in [0.25, 0.3) is 0 Å². The molecule has 120 heavy (non-hydrogen) atoms. The SMILES string of the molecule is CS(=O)(=O)CCOc1cccc2c1C(N)=NS(=O)(=O)C2.CS(=O)(=O)OCCNc1cccc2c1C(N)=NS(=O)(=O)C2.CS(=O)CCCOc1cccc2c1C(N)=NS(=O)(=O)C2.CS(=O)CCOc1cccc2c1C(N)=NS(=O)(=O)C2.NC1=NS(=O)(=O)Cc2cccc(OCC3CCCO3)c21.NC1=NS(=O)(=O)Cc2cccc(OCC3CCOC3)c21. The van der Waals surface area contributed by atoms with E-state index in [2.05, 4.69) is 35.9 Å². The number of hydrogen-bond donors (Lipinski definition) is 7. The van der Waals surface area contributed by atoms with Gasteiger partial charge >= 0.3 is 0 Å². The number of anilines is 1. The molecular weight excluding hydrogens is 1770 g/mol. The van der Waals surface area contributed by atoms with Gasteiger partial charge in [0, 0.05) is 83.0 Å². The molecule has 4 atom stereocenters. The summed E-state index contributed by atoms with van der Waals surface area (Å²) in [7, 11) is -29.7. The van der Waals surface area contributed by atoms with Crippen LogP contribution in [0.15, 0.2) is 136 Å². The fraction of sp³-hybridized carbons (Fsp3) is 0.408. The molecule has 2 fully saturated rings. The molecule has 4 unspecified atom stereocenters. The lowest BCUT2D eigenvalue weighted by Gasteiger charge is -2.19. The van der Waals surface area contributed by atoms with Crippen LogP contribution in [0.5, 0.6) is 28.7 Å². The lowest BCUT2D eigenvalue weighted by atomic mass is 10.1. The summed E-state index contributed by atoms with van der Waals surface area (Å²) in [4.78, 5) is 0. The first-order valence-electron chi connectivity index (χ1n) is 36.2. The number of sulfone groups is 1. The third-order valence-electron chi connectivity index (χ3n) is 17.5. The van der Waals surface area contributed by atoms with Gasteiger partial charge in [-0.15, -0.1) is 26.4 Å². The Morgan fingerprint density at radius 2 is 0.767 bits per heavy atom. The number of nitrogens with zero attached hydrogens (tertiary/aromatic N) is 6. The van der Waals surface area contributed by atoms with Crippen molar-refractivity contribution in [3.05, 3.63) is 176 Å². The summed E-state index contributed by atoms with van der Waals surface area (Å²) in [5.41, 5.74) is 41.5. The van der Waals surface area contributed by atoms with Crippen molar-refractivity contribution in [2.45, 2.75) is 66.3 Å². The van der Waals surface area contributed by atoms with Crippen LogP contribution in [0.4, 0.5) is 5.69 Å². The van der Waals surface area contributed by atoms with Gasteiger partial charge in [0.2, 0.25) is 0 Å². The molecule has 13 N–H and O–H groups in total. The van der Waals surface area contributed by atoms with Crippen LogP contribution in [0, 0.1) is 5.92 Å². The summed E-state index contributed by atoms with van der Waals surface area (Å²) in [6.07, 6.45) is 9.06. The van der Waals surface area contributed by atoms with Crippen molar-refractivity contribution in [2.24, 2.45) is 66.7 Å². The molecule has 0 saturated carbocycles. The topological polar surface area (TPSA) is 623 Å². The number of sulfonamides is 6. The van der Waals surface area contributed by atoms with Crippen LogP contribution in [-0.4, -0.2) is 225 Å². The van der Waals surface area contributed by atoms with Crippen molar-refractivity contribution in [3.63, 3.8) is 0 Å². The zero-order valence-electron chi connectivity index (χ0n) is 65.2. The minimum Gasteiger partial charge on any atom is -0.493 e. The standard InChI is InChI=1S/2C13H16N2O4S.C12H16N2O4S2.C11H15N3O5S2.C11H14N2O5S2.C11H14N2O4S2/c14-13-12-9(8-20(16,17)15-13)3-1-5-11(12)19-7-10-4-2-6-18-10;14-13-12-10(8-20(16,17)15-13)2-1-3-11(12)19-7-9-4-5-18-6-9;1-19(15)7-3-6-18-10-5-2-4-9-8-20(16,17)14-12(13)11(9)10;1-20(15,16)19-6-5-13-9-4-2-3-8-7-21(17,18)14-11(12)10(8)9;1-19(14,15)6-5-18-9-4-2-3-8-7-20(16,17)13-11(12)10(8)9;1-18(14)6-5-17-9-4-2-3-8-7-19(15,16)13-11(12)10(8)9/h1,3,5,10H,2,4,6-8H2,(H2,14,15);1-3,9H,4-8H2,(H2,14,15);2,4-5H,3,6-8H2,1H3,(H2,13,14);2-4,13H,5-7H2,1H3,(H2,12,14);2-4H,5-7H2,1H3,(H2,12,13);2-4H,5-7H2,1H3,(H2,12,13). The first-order chi connectivity index (χ1) is 56.2. The quantitative estimate of drug-likeness (QED) is 0.0329. The molecule has 0 radical (unpaired) electrons. The molecular formula is C71H91N13O26S10. The number of ether oxygens (including phenoxy) is 7. The Morgan fingerprint density at radius 1 is 0.425 bits per heavy atom. The molecule has 49 heteroatoms. The number of fused-ring (bicyclic) bond motifs is 6. The van der Waals surface area contributed by atoms with Crippen LogP contribution < -0.4 is 63.4 Å². The number of benzene rings is 6. The Labute approximate surface area is 701 Å². The summed E-state index contributed by atoms with van der Waals surface area (Å²) in [5.74, 6) is 2.28. The van der Waals surface area contributed by atoms with Gasteiger partial charge in [0.1, 0.15) is 77.0 Å². The molecule has 14 rings (SSSR count). The van der Waals surface area contributed by atoms with Gasteiger partial charge in [0.25, 0.3) is 70.3 Å². The van der Waals surface area contributed by atoms with Crippen LogP contribution in [-0.2, 0) is 150 Å². The largest absolute Gasteiger partial charge is 0.493 e. The predicted molar refractivity (Wildman–Crippen MR) is 456 cm³/mol. The second-order valence-corrected chi connectivity index (χ2v) is 44.4. The molecule has 2 saturated heterocycles. The summed E-state index contributed by atoms with van der Waals surface area (Å²) < 4.78 is 269. The highest BCUT2D eigenvalue weighted by atomic mass is 32.2. The summed E-state index contributed by atoms with van der Waals surface area (Å²) >= 11 is 0. The third-order valence-corrected chi connectivity index (χ3v) is 27.6. The zero-order chi connectivity index (χ0) is 87.8. The molecule has 8 aliphatic heterocycles. The Morgan fingerprint density at radius 3 is 1.11 bits per heavy atom. The minimum absolute atomic E-state index is 0.00419. The molecule has 6 aromatic carbocycles. The predicted octanol–water partition coefficient (Wildman–Crippen LogP) is 1.10. The highest BCUT2D eigenvalue weighted by molar-refractivity contribution is 7.91. The van der Waals surface area contributed by atoms with E-state index in [-0.39, 0.29) is 108 Å². The van der Waals surface area contributed by atoms with E-state index in [1.54, 1.807) is 122 Å². The first-order valence-corrected chi connectivity index (χ1v) is 53.1. The first kappa shape index (κ1) is 94.6. The molecule has 0 aromatic heterocycles. The molecule has 656 valence electrons. The normalized spacial score (nSPS) is 19.7. The van der Waals surface area contributed by atoms with Crippen LogP contribution in [0.3, 0.4) is 0 Å². The maximum atomic E-state index is 11.6. The lowest BCUT2D eigenvalue weighted by molar-refractivity contribution is 0.0678. The van der Waals surface area contributed by atoms with Crippen molar-refractivity contribution in [2.75, 3.05) is 114 Å². The molecule has 39 nitrogen and oxygen atoms in total. The van der Waals surface area contributed by atoms with Gasteiger partial charge in [-0.05, 0) is 95.5 Å². The second-order valence-electron chi connectivity index (χ2n) is 27.5. The van der Waals surface area contributed by atoms with Gasteiger partial charge in [0.05, 0.1) is 119 Å². The fourth-order valence-corrected chi connectivity index (χ4v) is 20.7. The second kappa shape index (κ2) is 40.6. The average Bonchev–Trinajstić information content (AvgIpc) is 1.12. The van der Waals surface area contributed by atoms with E-state index in [4.69, 9.17) is 67.6 Å². The Balaban J connectivity index is 0.000000164. The molecule has 0 bridgehead atoms. The smallest absolute Gasteiger partial charge is 0.264 e. The van der Waals surface area contributed by atoms with Gasteiger partial charge in [-0.1, -0.05) is 72.8 Å². The van der Waals surface area contributed by atoms with Crippen LogP contribution >= 0.6 is 0 Å². The maximum absolute atomic E-state index is 11.6. The monoisotopic (exact) mass is 1860 g/mol. The number of amidine groups is 6. The molecule has 0 spiro atoms. The number of nitrogens with one attached hydrogen (secondary N) is 1. The van der Waals surface area contributed by atoms with Crippen molar-refractivity contribution >= 4 is 142 Å². The molecule has 6 aromatic rings. The van der Waals surface area contributed by atoms with Gasteiger partial charge in [-0.3, -0.25) is 12.6 Å². The number of rotatable bonds is 24. The number of nitrogens with two attached hydrogens (primary N) is 6. The molecule has 8 heterocycles. The zero-order valence-corrected chi connectivity index (χ0v) is 73.3. The van der Waals surface area contributed by atoms with Gasteiger partial charge in [0.15, 0.2) is 9.84 Å². The third kappa shape index (κ3) is 28.4. The molecule has 0 aliphatic carbocycles. The minimum atomic E-state index is -3.59. The van der Waals surface area contributed by atoms with Gasteiger partial charge in [-0.2, -0.15) is 8.42 Å². The van der Waals surface area contributed by atoms with E-state index < -0.39 is 102 Å². The molecule has 0 amide bonds. The average molecular weight is 1860 g/mol. The van der Waals surface area contributed by atoms with E-state index in [0.717, 1.165) is 45.0 Å². The van der Waals surface area contributed by atoms with Gasteiger partial charge in [-0.25, -0.2) is 58.9 Å². The van der Waals surface area contributed by atoms with E-state index >= 15 is 0 Å². The van der Waals surface area contributed by atoms with Crippen LogP contribution in [0.1, 0.15) is 92.4 Å². The fourth-order valence-electron chi connectivity index (χ4n) is 12.5. The van der Waals surface area contributed by atoms with E-state index in [0.29, 0.717) is 151 Å². The van der Waals surface area contributed by atoms with Crippen molar-refractivity contribution < 1.29 is 113 Å². The van der Waals surface area contributed by atoms with Crippen molar-refractivity contribution in [3.8, 4) is 28.7 Å². The van der Waals surface area contributed by atoms with Crippen molar-refractivity contribution in [1.29, 1.82) is 0 Å². The summed E-state index contributed by atoms with van der Waals surface area (Å²) in [5, 5.41) is 2.96. The molecule has 8 aliphatic rings. The van der Waals surface area contributed by atoms with E-state index in [1.807, 2.05) is 0 Å².